The molecule has 2 saturated carbocycles. The van der Waals surface area contributed by atoms with Crippen molar-refractivity contribution in [2.45, 2.75) is 110 Å². The fourth-order valence-corrected chi connectivity index (χ4v) is 11.7. The first-order chi connectivity index (χ1) is 11.9. The van der Waals surface area contributed by atoms with Crippen LogP contribution in [0.4, 0.5) is 0 Å². The minimum atomic E-state index is -2.25. The largest absolute Gasteiger partial charge is 0.394 e. The molecule has 0 aliphatic heterocycles. The molecule has 0 bridgehead atoms. The van der Waals surface area contributed by atoms with E-state index in [0.717, 1.165) is 37.9 Å². The Morgan fingerprint density at radius 1 is 0.880 bits per heavy atom. The van der Waals surface area contributed by atoms with Crippen molar-refractivity contribution in [1.82, 2.24) is 0 Å². The Bertz CT molecular complexity index is 377. The van der Waals surface area contributed by atoms with Gasteiger partial charge in [-0.2, -0.15) is 0 Å². The quantitative estimate of drug-likeness (QED) is 0.426. The van der Waals surface area contributed by atoms with Gasteiger partial charge in [0.15, 0.2) is 0 Å². The lowest BCUT2D eigenvalue weighted by Gasteiger charge is -2.52. The maximum atomic E-state index is 6.91. The van der Waals surface area contributed by atoms with Crippen molar-refractivity contribution in [3.63, 3.8) is 0 Å². The summed E-state index contributed by atoms with van der Waals surface area (Å²) < 4.78 is 13.8. The summed E-state index contributed by atoms with van der Waals surface area (Å²) >= 11 is 0. The van der Waals surface area contributed by atoms with Crippen LogP contribution in [0.3, 0.4) is 0 Å². The number of hydrogen-bond acceptors (Lipinski definition) is 2. The van der Waals surface area contributed by atoms with E-state index in [0.29, 0.717) is 16.5 Å². The summed E-state index contributed by atoms with van der Waals surface area (Å²) in [5.74, 6) is 1.64. The normalized spacial score (nSPS) is 33.4. The van der Waals surface area contributed by atoms with Gasteiger partial charge < -0.3 is 8.85 Å². The molecule has 0 aromatic carbocycles. The predicted molar refractivity (Wildman–Crippen MR) is 110 cm³/mol. The minimum Gasteiger partial charge on any atom is -0.394 e. The summed E-state index contributed by atoms with van der Waals surface area (Å²) in [7, 11) is -2.25. The van der Waals surface area contributed by atoms with Crippen LogP contribution in [0.25, 0.3) is 0 Å². The summed E-state index contributed by atoms with van der Waals surface area (Å²) in [5, 5.41) is 0. The van der Waals surface area contributed by atoms with Crippen LogP contribution in [0.1, 0.15) is 99.3 Å². The van der Waals surface area contributed by atoms with Gasteiger partial charge in [-0.15, -0.1) is 0 Å². The van der Waals surface area contributed by atoms with Gasteiger partial charge in [-0.3, -0.25) is 0 Å². The Morgan fingerprint density at radius 3 is 1.92 bits per heavy atom. The van der Waals surface area contributed by atoms with E-state index in [-0.39, 0.29) is 0 Å². The van der Waals surface area contributed by atoms with E-state index in [1.54, 1.807) is 0 Å². The molecule has 0 aromatic heterocycles. The highest BCUT2D eigenvalue weighted by atomic mass is 28.4. The monoisotopic (exact) mass is 368 g/mol. The lowest BCUT2D eigenvalue weighted by atomic mass is 9.77. The maximum Gasteiger partial charge on any atom is 0.345 e. The molecule has 2 aliphatic rings. The first-order valence-electron chi connectivity index (χ1n) is 11.1. The fourth-order valence-electron chi connectivity index (χ4n) is 5.80. The van der Waals surface area contributed by atoms with Gasteiger partial charge in [0.25, 0.3) is 0 Å². The number of hydrogen-bond donors (Lipinski definition) is 0. The van der Waals surface area contributed by atoms with E-state index in [1.165, 1.54) is 44.9 Å². The molecule has 0 saturated heterocycles. The predicted octanol–water partition coefficient (Wildman–Crippen LogP) is 7.08. The Kier molecular flexibility index (Phi) is 8.03. The zero-order valence-corrected chi connectivity index (χ0v) is 18.9. The summed E-state index contributed by atoms with van der Waals surface area (Å²) in [4.78, 5) is 0. The molecule has 25 heavy (non-hydrogen) atoms. The molecular weight excluding hydrogens is 324 g/mol. The highest BCUT2D eigenvalue weighted by molar-refractivity contribution is 6.70. The van der Waals surface area contributed by atoms with Crippen LogP contribution in [0.2, 0.25) is 11.1 Å². The van der Waals surface area contributed by atoms with Crippen LogP contribution in [0.15, 0.2) is 0 Å². The lowest BCUT2D eigenvalue weighted by Crippen LogP contribution is -2.57. The van der Waals surface area contributed by atoms with Crippen molar-refractivity contribution in [2.75, 3.05) is 13.2 Å². The molecule has 2 aliphatic carbocycles. The van der Waals surface area contributed by atoms with Crippen LogP contribution in [-0.2, 0) is 8.85 Å². The van der Waals surface area contributed by atoms with Crippen molar-refractivity contribution in [3.8, 4) is 0 Å². The topological polar surface area (TPSA) is 18.5 Å². The highest BCUT2D eigenvalue weighted by Gasteiger charge is 2.58. The second kappa shape index (κ2) is 9.37. The maximum absolute atomic E-state index is 6.91. The van der Waals surface area contributed by atoms with E-state index in [2.05, 4.69) is 41.5 Å². The van der Waals surface area contributed by atoms with Crippen molar-refractivity contribution < 1.29 is 8.85 Å². The van der Waals surface area contributed by atoms with Gasteiger partial charge >= 0.3 is 8.56 Å². The average molecular weight is 369 g/mol. The molecule has 3 atom stereocenters. The third-order valence-electron chi connectivity index (χ3n) is 6.80. The molecule has 0 amide bonds. The summed E-state index contributed by atoms with van der Waals surface area (Å²) in [6.45, 7) is 16.2. The first-order valence-corrected chi connectivity index (χ1v) is 13.1. The van der Waals surface area contributed by atoms with Gasteiger partial charge in [-0.05, 0) is 62.2 Å². The first kappa shape index (κ1) is 21.4. The van der Waals surface area contributed by atoms with Crippen LogP contribution >= 0.6 is 0 Å². The SMILES string of the molecule is CCCO[Si](OCCC)(C1CC(C)CC(C)C1)C1CCCCC1(C)C. The van der Waals surface area contributed by atoms with Crippen molar-refractivity contribution in [2.24, 2.45) is 17.3 Å². The second-order valence-electron chi connectivity index (χ2n) is 9.82. The third-order valence-corrected chi connectivity index (χ3v) is 11.8. The van der Waals surface area contributed by atoms with E-state index < -0.39 is 8.56 Å². The molecule has 0 radical (unpaired) electrons. The van der Waals surface area contributed by atoms with Crippen LogP contribution in [-0.4, -0.2) is 21.8 Å². The molecule has 148 valence electrons. The molecule has 0 aromatic rings. The standard InChI is InChI=1S/C22H44O2Si/c1-7-13-23-25(24-14-8-2,20-16-18(3)15-19(4)17-20)21-11-9-10-12-22(21,5)6/h18-21H,7-17H2,1-6H3. The van der Waals surface area contributed by atoms with Crippen molar-refractivity contribution >= 4 is 8.56 Å². The summed E-state index contributed by atoms with van der Waals surface area (Å²) in [5.41, 5.74) is 1.72. The molecule has 2 nitrogen and oxygen atoms in total. The van der Waals surface area contributed by atoms with Gasteiger partial charge in [-0.1, -0.05) is 54.4 Å². The average Bonchev–Trinajstić information content (AvgIpc) is 2.55. The molecule has 3 unspecified atom stereocenters. The smallest absolute Gasteiger partial charge is 0.345 e. The van der Waals surface area contributed by atoms with Gasteiger partial charge in [0, 0.05) is 24.3 Å². The van der Waals surface area contributed by atoms with Crippen LogP contribution in [0, 0.1) is 17.3 Å². The van der Waals surface area contributed by atoms with Gasteiger partial charge in [0.2, 0.25) is 0 Å². The van der Waals surface area contributed by atoms with Crippen molar-refractivity contribution in [3.05, 3.63) is 0 Å². The van der Waals surface area contributed by atoms with Gasteiger partial charge in [-0.25, -0.2) is 0 Å². The Balaban J connectivity index is 2.38. The van der Waals surface area contributed by atoms with Crippen LogP contribution in [0.5, 0.6) is 0 Å². The second-order valence-corrected chi connectivity index (χ2v) is 13.4. The van der Waals surface area contributed by atoms with E-state index in [4.69, 9.17) is 8.85 Å². The van der Waals surface area contributed by atoms with E-state index >= 15 is 0 Å². The zero-order valence-electron chi connectivity index (χ0n) is 17.9. The third kappa shape index (κ3) is 5.10. The Morgan fingerprint density at radius 2 is 1.44 bits per heavy atom. The summed E-state index contributed by atoms with van der Waals surface area (Å²) in [6, 6.07) is 0. The molecular formula is C22H44O2Si. The fraction of sp³-hybridized carbons (Fsp3) is 1.00. The molecule has 0 spiro atoms. The Hall–Kier alpha value is 0.137. The lowest BCUT2D eigenvalue weighted by molar-refractivity contribution is 0.0950. The number of rotatable bonds is 8. The van der Waals surface area contributed by atoms with Gasteiger partial charge in [0.05, 0.1) is 0 Å². The Labute approximate surface area is 158 Å². The minimum absolute atomic E-state index is 0.371. The highest BCUT2D eigenvalue weighted by Crippen LogP contribution is 2.57. The van der Waals surface area contributed by atoms with Crippen LogP contribution < -0.4 is 0 Å². The van der Waals surface area contributed by atoms with Crippen molar-refractivity contribution in [1.29, 1.82) is 0 Å². The molecule has 3 heteroatoms. The molecule has 0 heterocycles. The zero-order chi connectivity index (χ0) is 18.5. The molecule has 2 rings (SSSR count). The van der Waals surface area contributed by atoms with E-state index in [9.17, 15) is 0 Å². The summed E-state index contributed by atoms with van der Waals surface area (Å²) in [6.07, 6.45) is 11.7. The molecule has 2 fully saturated rings. The van der Waals surface area contributed by atoms with Gasteiger partial charge in [0.1, 0.15) is 0 Å². The van der Waals surface area contributed by atoms with E-state index in [1.807, 2.05) is 0 Å². The molecule has 0 N–H and O–H groups in total.